The summed E-state index contributed by atoms with van der Waals surface area (Å²) in [6, 6.07) is 0. The lowest BCUT2D eigenvalue weighted by molar-refractivity contribution is -0.151. The molecule has 2 aliphatic rings. The van der Waals surface area contributed by atoms with Gasteiger partial charge in [0.05, 0.1) is 14.2 Å². The second-order valence-electron chi connectivity index (χ2n) is 4.67. The summed E-state index contributed by atoms with van der Waals surface area (Å²) in [5.41, 5.74) is 0. The third-order valence-corrected chi connectivity index (χ3v) is 3.88. The van der Waals surface area contributed by atoms with Gasteiger partial charge >= 0.3 is 11.9 Å². The maximum atomic E-state index is 11.8. The van der Waals surface area contributed by atoms with Crippen molar-refractivity contribution in [1.82, 2.24) is 0 Å². The normalized spacial score (nSPS) is 34.3. The third kappa shape index (κ3) is 1.72. The zero-order valence-corrected chi connectivity index (χ0v) is 10.2. The number of Topliss-reactive ketones (excluding diaryl/α,β-unsaturated/α-hetero) is 2. The fourth-order valence-corrected chi connectivity index (χ4v) is 3.10. The molecule has 2 fully saturated rings. The van der Waals surface area contributed by atoms with Crippen LogP contribution >= 0.6 is 0 Å². The molecule has 6 nitrogen and oxygen atoms in total. The molecule has 0 aromatic carbocycles. The van der Waals surface area contributed by atoms with E-state index in [0.29, 0.717) is 0 Å². The van der Waals surface area contributed by atoms with Gasteiger partial charge in [-0.3, -0.25) is 19.2 Å². The second-order valence-corrected chi connectivity index (χ2v) is 4.67. The van der Waals surface area contributed by atoms with Crippen molar-refractivity contribution in [3.8, 4) is 0 Å². The molecule has 0 radical (unpaired) electrons. The summed E-state index contributed by atoms with van der Waals surface area (Å²) in [6.07, 6.45) is 0.131. The lowest BCUT2D eigenvalue weighted by Gasteiger charge is -2.15. The minimum absolute atomic E-state index is 0.0654. The minimum atomic E-state index is -0.904. The smallest absolute Gasteiger partial charge is 0.316 e. The Labute approximate surface area is 104 Å². The highest BCUT2D eigenvalue weighted by Gasteiger charge is 2.58. The molecule has 4 atom stereocenters. The van der Waals surface area contributed by atoms with Crippen LogP contribution < -0.4 is 0 Å². The summed E-state index contributed by atoms with van der Waals surface area (Å²) in [5.74, 6) is -4.38. The van der Waals surface area contributed by atoms with Gasteiger partial charge < -0.3 is 9.47 Å². The van der Waals surface area contributed by atoms with Crippen molar-refractivity contribution in [2.45, 2.75) is 12.8 Å². The second kappa shape index (κ2) is 4.51. The number of hydrogen-bond donors (Lipinski definition) is 0. The number of hydrogen-bond acceptors (Lipinski definition) is 6. The Morgan fingerprint density at radius 3 is 1.50 bits per heavy atom. The molecule has 0 N–H and O–H groups in total. The quantitative estimate of drug-likeness (QED) is 0.498. The van der Waals surface area contributed by atoms with E-state index in [0.717, 1.165) is 0 Å². The number of carbonyl (C=O) groups excluding carboxylic acids is 4. The Hall–Kier alpha value is -1.72. The molecular weight excluding hydrogens is 240 g/mol. The molecule has 18 heavy (non-hydrogen) atoms. The zero-order chi connectivity index (χ0) is 13.4. The predicted molar refractivity (Wildman–Crippen MR) is 57.2 cm³/mol. The first-order valence-corrected chi connectivity index (χ1v) is 5.72. The van der Waals surface area contributed by atoms with Gasteiger partial charge in [-0.15, -0.1) is 0 Å². The van der Waals surface area contributed by atoms with E-state index < -0.39 is 35.6 Å². The molecule has 0 spiro atoms. The van der Waals surface area contributed by atoms with Crippen LogP contribution in [0.2, 0.25) is 0 Å². The van der Waals surface area contributed by atoms with Crippen LogP contribution in [0.1, 0.15) is 12.8 Å². The van der Waals surface area contributed by atoms with Crippen LogP contribution in [0.3, 0.4) is 0 Å². The molecule has 0 aromatic rings. The van der Waals surface area contributed by atoms with Gasteiger partial charge in [-0.1, -0.05) is 0 Å². The van der Waals surface area contributed by atoms with Gasteiger partial charge in [0.15, 0.2) is 0 Å². The van der Waals surface area contributed by atoms with E-state index in [1.165, 1.54) is 14.2 Å². The van der Waals surface area contributed by atoms with Crippen LogP contribution in [0.4, 0.5) is 0 Å². The standard InChI is InChI=1S/C12H14O6/c1-17-11(15)9-5-3-8(14)10(12(16)18-2)6(5)4-7(9)13/h5-6,9-10H,3-4H2,1-2H3/t5-,6-,9+,10+/m0/s1. The van der Waals surface area contributed by atoms with Crippen molar-refractivity contribution >= 4 is 23.5 Å². The average Bonchev–Trinajstić information content (AvgIpc) is 2.80. The Balaban J connectivity index is 2.27. The summed E-state index contributed by atoms with van der Waals surface area (Å²) in [6.45, 7) is 0. The Morgan fingerprint density at radius 2 is 1.22 bits per heavy atom. The van der Waals surface area contributed by atoms with Gasteiger partial charge in [0.1, 0.15) is 23.4 Å². The summed E-state index contributed by atoms with van der Waals surface area (Å²) < 4.78 is 9.17. The van der Waals surface area contributed by atoms with Crippen LogP contribution in [0, 0.1) is 23.7 Å². The fourth-order valence-electron chi connectivity index (χ4n) is 3.10. The van der Waals surface area contributed by atoms with Gasteiger partial charge in [-0.25, -0.2) is 0 Å². The van der Waals surface area contributed by atoms with Gasteiger partial charge in [0, 0.05) is 12.8 Å². The van der Waals surface area contributed by atoms with Crippen LogP contribution in [0.25, 0.3) is 0 Å². The van der Waals surface area contributed by atoms with Gasteiger partial charge in [-0.05, 0) is 11.8 Å². The van der Waals surface area contributed by atoms with Gasteiger partial charge in [0.25, 0.3) is 0 Å². The molecule has 0 unspecified atom stereocenters. The number of fused-ring (bicyclic) bond motifs is 1. The number of ether oxygens (including phenoxy) is 2. The first kappa shape index (κ1) is 12.7. The zero-order valence-electron chi connectivity index (χ0n) is 10.2. The number of methoxy groups -OCH3 is 2. The summed E-state index contributed by atoms with van der Waals surface area (Å²) in [7, 11) is 2.41. The molecular formula is C12H14O6. The predicted octanol–water partition coefficient (Wildman–Crippen LogP) is -0.257. The Kier molecular flexibility index (Phi) is 3.19. The summed E-state index contributed by atoms with van der Waals surface area (Å²) in [4.78, 5) is 46.7. The van der Waals surface area contributed by atoms with Crippen molar-refractivity contribution in [3.63, 3.8) is 0 Å². The van der Waals surface area contributed by atoms with Gasteiger partial charge in [0.2, 0.25) is 0 Å². The maximum Gasteiger partial charge on any atom is 0.316 e. The van der Waals surface area contributed by atoms with Crippen molar-refractivity contribution in [2.75, 3.05) is 14.2 Å². The van der Waals surface area contributed by atoms with E-state index in [1.54, 1.807) is 0 Å². The fraction of sp³-hybridized carbons (Fsp3) is 0.667. The molecule has 0 heterocycles. The molecule has 6 heteroatoms. The van der Waals surface area contributed by atoms with Crippen LogP contribution in [0.15, 0.2) is 0 Å². The highest BCUT2D eigenvalue weighted by atomic mass is 16.5. The number of ketones is 2. The number of esters is 2. The highest BCUT2D eigenvalue weighted by molar-refractivity contribution is 6.07. The van der Waals surface area contributed by atoms with Crippen molar-refractivity contribution in [2.24, 2.45) is 23.7 Å². The van der Waals surface area contributed by atoms with E-state index in [9.17, 15) is 19.2 Å². The first-order valence-electron chi connectivity index (χ1n) is 5.72. The molecule has 0 saturated heterocycles. The third-order valence-electron chi connectivity index (χ3n) is 3.88. The maximum absolute atomic E-state index is 11.8. The largest absolute Gasteiger partial charge is 0.468 e. The van der Waals surface area contributed by atoms with E-state index in [2.05, 4.69) is 9.47 Å². The lowest BCUT2D eigenvalue weighted by Crippen LogP contribution is -2.26. The van der Waals surface area contributed by atoms with Crippen molar-refractivity contribution < 1.29 is 28.7 Å². The first-order chi connectivity index (χ1) is 8.51. The summed E-state index contributed by atoms with van der Waals surface area (Å²) in [5, 5.41) is 0. The van der Waals surface area contributed by atoms with E-state index in [1.807, 2.05) is 0 Å². The van der Waals surface area contributed by atoms with Crippen molar-refractivity contribution in [3.05, 3.63) is 0 Å². The van der Waals surface area contributed by atoms with Crippen LogP contribution in [0.5, 0.6) is 0 Å². The minimum Gasteiger partial charge on any atom is -0.468 e. The highest BCUT2D eigenvalue weighted by Crippen LogP contribution is 2.48. The topological polar surface area (TPSA) is 86.7 Å². The van der Waals surface area contributed by atoms with Crippen LogP contribution in [-0.4, -0.2) is 37.7 Å². The molecule has 0 aliphatic heterocycles. The number of rotatable bonds is 2. The monoisotopic (exact) mass is 254 g/mol. The average molecular weight is 254 g/mol. The molecule has 0 aromatic heterocycles. The van der Waals surface area contributed by atoms with E-state index in [-0.39, 0.29) is 24.4 Å². The van der Waals surface area contributed by atoms with Gasteiger partial charge in [-0.2, -0.15) is 0 Å². The molecule has 2 saturated carbocycles. The SMILES string of the molecule is COC(=O)[C@H]1C(=O)C[C@@H]2[C@@H](C(=O)OC)C(=O)C[C@H]12. The molecule has 2 aliphatic carbocycles. The van der Waals surface area contributed by atoms with E-state index >= 15 is 0 Å². The number of carbonyl (C=O) groups is 4. The Bertz CT molecular complexity index is 386. The molecule has 98 valence electrons. The molecule has 0 amide bonds. The lowest BCUT2D eigenvalue weighted by atomic mass is 9.89. The van der Waals surface area contributed by atoms with E-state index in [4.69, 9.17) is 0 Å². The molecule has 2 rings (SSSR count). The van der Waals surface area contributed by atoms with Crippen molar-refractivity contribution in [1.29, 1.82) is 0 Å². The van der Waals surface area contributed by atoms with Crippen LogP contribution in [-0.2, 0) is 28.7 Å². The summed E-state index contributed by atoms with van der Waals surface area (Å²) >= 11 is 0. The molecule has 0 bridgehead atoms. The Morgan fingerprint density at radius 1 is 0.889 bits per heavy atom.